The predicted octanol–water partition coefficient (Wildman–Crippen LogP) is 3.97. The third-order valence-electron chi connectivity index (χ3n) is 4.24. The average molecular weight is 410 g/mol. The van der Waals surface area contributed by atoms with Gasteiger partial charge in [-0.2, -0.15) is 10.1 Å². The van der Waals surface area contributed by atoms with Gasteiger partial charge in [-0.15, -0.1) is 0 Å². The lowest BCUT2D eigenvalue weighted by Crippen LogP contribution is -2.31. The first-order valence-corrected chi connectivity index (χ1v) is 8.92. The number of carbonyl (C=O) groups excluding carboxylic acids is 1. The van der Waals surface area contributed by atoms with Crippen LogP contribution in [0.4, 0.5) is 11.6 Å². The monoisotopic (exact) mass is 409 g/mol. The third kappa shape index (κ3) is 3.01. The Labute approximate surface area is 159 Å². The number of rotatable bonds is 3. The number of para-hydroxylation sites is 1. The maximum atomic E-state index is 13.1. The zero-order valence-electron chi connectivity index (χ0n) is 14.0. The second kappa shape index (κ2) is 6.76. The van der Waals surface area contributed by atoms with E-state index in [1.807, 2.05) is 61.5 Å². The Morgan fingerprint density at radius 3 is 2.77 bits per heavy atom. The molecule has 1 aliphatic rings. The molecule has 0 aliphatic carbocycles. The molecule has 1 aliphatic heterocycles. The SMILES string of the molecule is CC1=C(C(=O)Nc2ccccc2)C(c2cccc(Br)c2)n2ncnc2N1. The fourth-order valence-electron chi connectivity index (χ4n) is 3.09. The summed E-state index contributed by atoms with van der Waals surface area (Å²) in [6, 6.07) is 16.9. The van der Waals surface area contributed by atoms with Crippen molar-refractivity contribution in [1.29, 1.82) is 0 Å². The maximum absolute atomic E-state index is 13.1. The van der Waals surface area contributed by atoms with Gasteiger partial charge in [-0.3, -0.25) is 4.79 Å². The van der Waals surface area contributed by atoms with Crippen LogP contribution in [0.15, 0.2) is 76.7 Å². The topological polar surface area (TPSA) is 71.8 Å². The van der Waals surface area contributed by atoms with Gasteiger partial charge in [0.2, 0.25) is 5.95 Å². The lowest BCUT2D eigenvalue weighted by atomic mass is 9.95. The van der Waals surface area contributed by atoms with E-state index >= 15 is 0 Å². The van der Waals surface area contributed by atoms with Gasteiger partial charge in [-0.25, -0.2) is 4.68 Å². The molecule has 2 heterocycles. The van der Waals surface area contributed by atoms with Gasteiger partial charge in [0.25, 0.3) is 5.91 Å². The highest BCUT2D eigenvalue weighted by molar-refractivity contribution is 9.10. The fourth-order valence-corrected chi connectivity index (χ4v) is 3.51. The number of nitrogens with zero attached hydrogens (tertiary/aromatic N) is 3. The predicted molar refractivity (Wildman–Crippen MR) is 104 cm³/mol. The van der Waals surface area contributed by atoms with Crippen LogP contribution in [0.25, 0.3) is 0 Å². The lowest BCUT2D eigenvalue weighted by Gasteiger charge is -2.28. The second-order valence-corrected chi connectivity index (χ2v) is 6.89. The highest BCUT2D eigenvalue weighted by Crippen LogP contribution is 2.35. The molecule has 6 nitrogen and oxygen atoms in total. The molecule has 1 unspecified atom stereocenters. The van der Waals surface area contributed by atoms with Crippen LogP contribution in [0.1, 0.15) is 18.5 Å². The normalized spacial score (nSPS) is 16.0. The third-order valence-corrected chi connectivity index (χ3v) is 4.73. The molecule has 2 aromatic carbocycles. The van der Waals surface area contributed by atoms with Crippen LogP contribution < -0.4 is 10.6 Å². The molecule has 0 fully saturated rings. The number of amides is 1. The van der Waals surface area contributed by atoms with Gasteiger partial charge in [0, 0.05) is 15.9 Å². The van der Waals surface area contributed by atoms with E-state index in [0.29, 0.717) is 11.5 Å². The summed E-state index contributed by atoms with van der Waals surface area (Å²) in [5.74, 6) is 0.441. The van der Waals surface area contributed by atoms with Gasteiger partial charge >= 0.3 is 0 Å². The number of benzene rings is 2. The van der Waals surface area contributed by atoms with Gasteiger partial charge < -0.3 is 10.6 Å². The number of nitrogens with one attached hydrogen (secondary N) is 2. The number of aromatic nitrogens is 3. The zero-order valence-corrected chi connectivity index (χ0v) is 15.6. The van der Waals surface area contributed by atoms with Crippen LogP contribution in [-0.2, 0) is 4.79 Å². The van der Waals surface area contributed by atoms with E-state index < -0.39 is 0 Å². The summed E-state index contributed by atoms with van der Waals surface area (Å²) in [6.07, 6.45) is 1.48. The number of hydrogen-bond donors (Lipinski definition) is 2. The minimum Gasteiger partial charge on any atom is -0.328 e. The Hall–Kier alpha value is -2.93. The van der Waals surface area contributed by atoms with Crippen molar-refractivity contribution in [2.24, 2.45) is 0 Å². The summed E-state index contributed by atoms with van der Waals surface area (Å²) in [4.78, 5) is 17.3. The Morgan fingerprint density at radius 1 is 1.19 bits per heavy atom. The van der Waals surface area contributed by atoms with E-state index in [0.717, 1.165) is 21.4 Å². The van der Waals surface area contributed by atoms with Crippen molar-refractivity contribution in [2.45, 2.75) is 13.0 Å². The van der Waals surface area contributed by atoms with E-state index in [9.17, 15) is 4.79 Å². The molecule has 0 saturated heterocycles. The summed E-state index contributed by atoms with van der Waals surface area (Å²) < 4.78 is 2.67. The Morgan fingerprint density at radius 2 is 2.00 bits per heavy atom. The first-order chi connectivity index (χ1) is 12.6. The largest absolute Gasteiger partial charge is 0.328 e. The van der Waals surface area contributed by atoms with Gasteiger partial charge in [0.1, 0.15) is 12.4 Å². The minimum atomic E-state index is -0.366. The number of carbonyl (C=O) groups is 1. The van der Waals surface area contributed by atoms with Crippen molar-refractivity contribution in [2.75, 3.05) is 10.6 Å². The van der Waals surface area contributed by atoms with Gasteiger partial charge in [0.15, 0.2) is 0 Å². The number of anilines is 2. The molecule has 2 N–H and O–H groups in total. The molecule has 3 aromatic rings. The van der Waals surface area contributed by atoms with Crippen molar-refractivity contribution in [3.63, 3.8) is 0 Å². The molecule has 0 saturated carbocycles. The standard InChI is InChI=1S/C19H16BrN5O/c1-12-16(18(26)24-15-8-3-2-4-9-15)17(13-6-5-7-14(20)10-13)25-19(23-12)21-11-22-25/h2-11,17H,1H3,(H,24,26)(H,21,22,23). The number of allylic oxidation sites excluding steroid dienone is 1. The first-order valence-electron chi connectivity index (χ1n) is 8.12. The minimum absolute atomic E-state index is 0.174. The lowest BCUT2D eigenvalue weighted by molar-refractivity contribution is -0.113. The smallest absolute Gasteiger partial charge is 0.255 e. The van der Waals surface area contributed by atoms with Crippen molar-refractivity contribution in [3.05, 3.63) is 82.2 Å². The Balaban J connectivity index is 1.78. The van der Waals surface area contributed by atoms with Crippen molar-refractivity contribution < 1.29 is 4.79 Å². The second-order valence-electron chi connectivity index (χ2n) is 5.97. The van der Waals surface area contributed by atoms with Crippen molar-refractivity contribution in [1.82, 2.24) is 14.8 Å². The molecule has 0 bridgehead atoms. The van der Waals surface area contributed by atoms with Crippen LogP contribution in [0, 0.1) is 0 Å². The van der Waals surface area contributed by atoms with Crippen molar-refractivity contribution in [3.8, 4) is 0 Å². The molecular formula is C19H16BrN5O. The fraction of sp³-hybridized carbons (Fsp3) is 0.105. The van der Waals surface area contributed by atoms with Crippen LogP contribution in [-0.4, -0.2) is 20.7 Å². The number of fused-ring (bicyclic) bond motifs is 1. The summed E-state index contributed by atoms with van der Waals surface area (Å²) in [5, 5.41) is 10.5. The molecule has 26 heavy (non-hydrogen) atoms. The molecule has 130 valence electrons. The molecule has 0 radical (unpaired) electrons. The van der Waals surface area contributed by atoms with Crippen LogP contribution >= 0.6 is 15.9 Å². The Kier molecular flexibility index (Phi) is 4.30. The summed E-state index contributed by atoms with van der Waals surface area (Å²) >= 11 is 3.51. The van der Waals surface area contributed by atoms with Gasteiger partial charge in [-0.1, -0.05) is 46.3 Å². The highest BCUT2D eigenvalue weighted by Gasteiger charge is 2.33. The molecule has 1 atom stereocenters. The van der Waals surface area contributed by atoms with E-state index in [1.165, 1.54) is 6.33 Å². The quantitative estimate of drug-likeness (QED) is 0.686. The molecule has 4 rings (SSSR count). The van der Waals surface area contributed by atoms with E-state index in [-0.39, 0.29) is 11.9 Å². The molecule has 1 amide bonds. The highest BCUT2D eigenvalue weighted by atomic mass is 79.9. The molecule has 0 spiro atoms. The first kappa shape index (κ1) is 16.5. The summed E-state index contributed by atoms with van der Waals surface area (Å²) in [7, 11) is 0. The molecule has 1 aromatic heterocycles. The van der Waals surface area contributed by atoms with E-state index in [4.69, 9.17) is 0 Å². The maximum Gasteiger partial charge on any atom is 0.255 e. The summed E-state index contributed by atoms with van der Waals surface area (Å²) in [6.45, 7) is 1.88. The number of hydrogen-bond acceptors (Lipinski definition) is 4. The van der Waals surface area contributed by atoms with Crippen LogP contribution in [0.2, 0.25) is 0 Å². The van der Waals surface area contributed by atoms with E-state index in [2.05, 4.69) is 36.6 Å². The van der Waals surface area contributed by atoms with E-state index in [1.54, 1.807) is 4.68 Å². The zero-order chi connectivity index (χ0) is 18.1. The molecule has 7 heteroatoms. The van der Waals surface area contributed by atoms with Crippen LogP contribution in [0.5, 0.6) is 0 Å². The van der Waals surface area contributed by atoms with Crippen LogP contribution in [0.3, 0.4) is 0 Å². The van der Waals surface area contributed by atoms with Gasteiger partial charge in [-0.05, 0) is 36.8 Å². The van der Waals surface area contributed by atoms with Gasteiger partial charge in [0.05, 0.1) is 5.57 Å². The number of halogens is 1. The van der Waals surface area contributed by atoms with Crippen molar-refractivity contribution >= 4 is 33.5 Å². The Bertz CT molecular complexity index is 996. The average Bonchev–Trinajstić information content (AvgIpc) is 3.09. The molecular weight excluding hydrogens is 394 g/mol. The summed E-state index contributed by atoms with van der Waals surface area (Å²) in [5.41, 5.74) is 3.05.